The number of rotatable bonds is 3. The number of sulfonamides is 1. The molecule has 0 spiro atoms. The molecule has 4 aliphatic rings. The highest BCUT2D eigenvalue weighted by atomic mass is 32.2. The second kappa shape index (κ2) is 5.25. The van der Waals surface area contributed by atoms with E-state index in [1.807, 2.05) is 0 Å². The van der Waals surface area contributed by atoms with E-state index < -0.39 is 14.9 Å². The van der Waals surface area contributed by atoms with Gasteiger partial charge in [-0.25, -0.2) is 8.42 Å². The van der Waals surface area contributed by atoms with Crippen molar-refractivity contribution in [3.63, 3.8) is 0 Å². The number of nitro benzene ring substituents is 1. The van der Waals surface area contributed by atoms with E-state index in [0.29, 0.717) is 36.9 Å². The average molecular weight is 337 g/mol. The van der Waals surface area contributed by atoms with E-state index in [1.165, 1.54) is 30.7 Å². The number of nitrogens with zero attached hydrogens (tertiary/aromatic N) is 2. The number of piperidine rings is 2. The fourth-order valence-electron chi connectivity index (χ4n) is 4.46. The zero-order chi connectivity index (χ0) is 16.2. The Kier molecular flexibility index (Phi) is 3.44. The van der Waals surface area contributed by atoms with Crippen molar-refractivity contribution in [3.8, 4) is 0 Å². The van der Waals surface area contributed by atoms with Crippen LogP contribution in [-0.2, 0) is 10.0 Å². The summed E-state index contributed by atoms with van der Waals surface area (Å²) in [6.45, 7) is 2.13. The lowest BCUT2D eigenvalue weighted by atomic mass is 9.68. The van der Waals surface area contributed by atoms with Crippen molar-refractivity contribution < 1.29 is 13.3 Å². The molecule has 1 saturated carbocycles. The molecule has 7 nitrogen and oxygen atoms in total. The largest absolute Gasteiger partial charge is 0.313 e. The van der Waals surface area contributed by atoms with Gasteiger partial charge in [-0.1, -0.05) is 0 Å². The van der Waals surface area contributed by atoms with Crippen LogP contribution in [0.5, 0.6) is 0 Å². The van der Waals surface area contributed by atoms with Gasteiger partial charge >= 0.3 is 0 Å². The SMILES string of the molecule is O=[N+]([O-])c1ccc(S(=O)(=O)N2CC3C4CCC(NC4)C3C2)cc1. The van der Waals surface area contributed by atoms with E-state index in [1.54, 1.807) is 4.31 Å². The number of hydrogen-bond acceptors (Lipinski definition) is 5. The molecule has 5 rings (SSSR count). The third-order valence-electron chi connectivity index (χ3n) is 5.68. The Bertz CT molecular complexity index is 706. The first-order valence-corrected chi connectivity index (χ1v) is 9.39. The summed E-state index contributed by atoms with van der Waals surface area (Å²) in [5.41, 5.74) is -0.0960. The van der Waals surface area contributed by atoms with Crippen LogP contribution >= 0.6 is 0 Å². The molecule has 1 aromatic carbocycles. The maximum atomic E-state index is 12.8. The second-order valence-corrected chi connectivity index (χ2v) is 8.69. The Morgan fingerprint density at radius 1 is 1.13 bits per heavy atom. The topological polar surface area (TPSA) is 92.5 Å². The summed E-state index contributed by atoms with van der Waals surface area (Å²) in [4.78, 5) is 10.3. The van der Waals surface area contributed by atoms with Gasteiger partial charge in [-0.15, -0.1) is 0 Å². The maximum Gasteiger partial charge on any atom is 0.269 e. The summed E-state index contributed by atoms with van der Waals surface area (Å²) in [6, 6.07) is 5.61. The van der Waals surface area contributed by atoms with Gasteiger partial charge in [-0.05, 0) is 49.3 Å². The molecule has 3 saturated heterocycles. The molecule has 1 N–H and O–H groups in total. The quantitative estimate of drug-likeness (QED) is 0.661. The van der Waals surface area contributed by atoms with Crippen LogP contribution in [0.3, 0.4) is 0 Å². The summed E-state index contributed by atoms with van der Waals surface area (Å²) in [6.07, 6.45) is 2.32. The van der Waals surface area contributed by atoms with Crippen LogP contribution in [0.25, 0.3) is 0 Å². The summed E-state index contributed by atoms with van der Waals surface area (Å²) < 4.78 is 27.2. The van der Waals surface area contributed by atoms with Gasteiger partial charge < -0.3 is 5.32 Å². The summed E-state index contributed by atoms with van der Waals surface area (Å²) in [7, 11) is -3.58. The van der Waals surface area contributed by atoms with E-state index in [-0.39, 0.29) is 10.6 Å². The van der Waals surface area contributed by atoms with Crippen LogP contribution in [0, 0.1) is 27.9 Å². The molecule has 3 aliphatic heterocycles. The Labute approximate surface area is 134 Å². The first-order valence-electron chi connectivity index (χ1n) is 7.95. The van der Waals surface area contributed by atoms with Gasteiger partial charge in [-0.2, -0.15) is 4.31 Å². The molecule has 124 valence electrons. The highest BCUT2D eigenvalue weighted by Crippen LogP contribution is 2.44. The van der Waals surface area contributed by atoms with Crippen LogP contribution in [0.2, 0.25) is 0 Å². The minimum absolute atomic E-state index is 0.0960. The second-order valence-electron chi connectivity index (χ2n) is 6.75. The number of hydrogen-bond donors (Lipinski definition) is 1. The first kappa shape index (κ1) is 15.0. The molecular weight excluding hydrogens is 318 g/mol. The van der Waals surface area contributed by atoms with Crippen molar-refractivity contribution >= 4 is 15.7 Å². The fraction of sp³-hybridized carbons (Fsp3) is 0.600. The lowest BCUT2D eigenvalue weighted by Gasteiger charge is -2.45. The molecule has 4 atom stereocenters. The maximum absolute atomic E-state index is 12.8. The molecule has 23 heavy (non-hydrogen) atoms. The van der Waals surface area contributed by atoms with Crippen molar-refractivity contribution in [1.29, 1.82) is 0 Å². The Morgan fingerprint density at radius 2 is 1.83 bits per heavy atom. The van der Waals surface area contributed by atoms with E-state index in [2.05, 4.69) is 5.32 Å². The summed E-state index contributed by atoms with van der Waals surface area (Å²) >= 11 is 0. The zero-order valence-electron chi connectivity index (χ0n) is 12.6. The predicted molar refractivity (Wildman–Crippen MR) is 83.3 cm³/mol. The highest BCUT2D eigenvalue weighted by Gasteiger charge is 2.50. The van der Waals surface area contributed by atoms with Crippen LogP contribution in [0.4, 0.5) is 5.69 Å². The number of benzene rings is 1. The van der Waals surface area contributed by atoms with Gasteiger partial charge in [0.15, 0.2) is 0 Å². The van der Waals surface area contributed by atoms with E-state index in [4.69, 9.17) is 0 Å². The third-order valence-corrected chi connectivity index (χ3v) is 7.52. The molecule has 0 radical (unpaired) electrons. The highest BCUT2D eigenvalue weighted by molar-refractivity contribution is 7.89. The minimum atomic E-state index is -3.58. The first-order chi connectivity index (χ1) is 11.0. The lowest BCUT2D eigenvalue weighted by Crippen LogP contribution is -2.54. The van der Waals surface area contributed by atoms with Crippen LogP contribution in [0.1, 0.15) is 12.8 Å². The third kappa shape index (κ3) is 2.36. The summed E-state index contributed by atoms with van der Waals surface area (Å²) in [5, 5.41) is 14.2. The van der Waals surface area contributed by atoms with Crippen molar-refractivity contribution in [2.24, 2.45) is 17.8 Å². The molecular formula is C15H19N3O4S. The minimum Gasteiger partial charge on any atom is -0.313 e. The van der Waals surface area contributed by atoms with E-state index in [0.717, 1.165) is 13.0 Å². The predicted octanol–water partition coefficient (Wildman–Crippen LogP) is 1.21. The molecule has 4 fully saturated rings. The zero-order valence-corrected chi connectivity index (χ0v) is 13.4. The fourth-order valence-corrected chi connectivity index (χ4v) is 5.97. The van der Waals surface area contributed by atoms with Gasteiger partial charge in [0.2, 0.25) is 10.0 Å². The van der Waals surface area contributed by atoms with Gasteiger partial charge in [0.05, 0.1) is 9.82 Å². The molecule has 1 aromatic rings. The van der Waals surface area contributed by atoms with Crippen molar-refractivity contribution in [2.75, 3.05) is 19.6 Å². The number of nitrogens with one attached hydrogen (secondary N) is 1. The van der Waals surface area contributed by atoms with Crippen molar-refractivity contribution in [1.82, 2.24) is 9.62 Å². The molecule has 0 amide bonds. The van der Waals surface area contributed by atoms with Crippen LogP contribution in [-0.4, -0.2) is 43.3 Å². The number of fused-ring (bicyclic) bond motifs is 2. The van der Waals surface area contributed by atoms with Crippen molar-refractivity contribution in [2.45, 2.75) is 23.8 Å². The van der Waals surface area contributed by atoms with Crippen molar-refractivity contribution in [3.05, 3.63) is 34.4 Å². The van der Waals surface area contributed by atoms with Gasteiger partial charge in [0.1, 0.15) is 0 Å². The molecule has 0 aromatic heterocycles. The van der Waals surface area contributed by atoms with Gasteiger partial charge in [0.25, 0.3) is 5.69 Å². The Hall–Kier alpha value is -1.51. The monoisotopic (exact) mass is 337 g/mol. The molecule has 3 heterocycles. The van der Waals surface area contributed by atoms with E-state index >= 15 is 0 Å². The molecule has 1 aliphatic carbocycles. The smallest absolute Gasteiger partial charge is 0.269 e. The Balaban J connectivity index is 1.59. The summed E-state index contributed by atoms with van der Waals surface area (Å²) in [5.74, 6) is 1.42. The van der Waals surface area contributed by atoms with Crippen LogP contribution < -0.4 is 5.32 Å². The van der Waals surface area contributed by atoms with Crippen LogP contribution in [0.15, 0.2) is 29.2 Å². The molecule has 8 heteroatoms. The lowest BCUT2D eigenvalue weighted by molar-refractivity contribution is -0.384. The van der Waals surface area contributed by atoms with Gasteiger partial charge in [0, 0.05) is 31.3 Å². The number of non-ortho nitro benzene ring substituents is 1. The van der Waals surface area contributed by atoms with E-state index in [9.17, 15) is 18.5 Å². The average Bonchev–Trinajstić information content (AvgIpc) is 3.04. The standard InChI is InChI=1S/C15H19N3O4S/c19-18(20)11-2-4-12(5-3-11)23(21,22)17-8-13-10-1-6-15(16-7-10)14(13)9-17/h2-5,10,13-16H,1,6-9H2. The molecule has 2 bridgehead atoms. The number of nitro groups is 1. The van der Waals surface area contributed by atoms with Gasteiger partial charge in [-0.3, -0.25) is 10.1 Å². The normalized spacial score (nSPS) is 33.6. The Morgan fingerprint density at radius 3 is 2.39 bits per heavy atom. The molecule has 4 unspecified atom stereocenters.